The van der Waals surface area contributed by atoms with E-state index in [-0.39, 0.29) is 23.8 Å². The standard InChI is InChI=1S/C25H21NO4/c1-25(2)10-16-21(17(27)11-25)20(13-7-8-18-19(9-13)30-12-29-18)22-23(26-16)14-5-3-4-6-15(14)24(22)28/h3-9,20,26H,10-12H2,1-2H3. The van der Waals surface area contributed by atoms with Crippen molar-refractivity contribution >= 4 is 17.3 Å². The van der Waals surface area contributed by atoms with Crippen LogP contribution in [0.15, 0.2) is 59.3 Å². The van der Waals surface area contributed by atoms with Gasteiger partial charge in [-0.1, -0.05) is 44.2 Å². The average molecular weight is 399 g/mol. The Bertz CT molecular complexity index is 1220. The zero-order valence-corrected chi connectivity index (χ0v) is 16.9. The highest BCUT2D eigenvalue weighted by molar-refractivity contribution is 6.23. The van der Waals surface area contributed by atoms with Gasteiger partial charge < -0.3 is 14.8 Å². The van der Waals surface area contributed by atoms with Gasteiger partial charge in [-0.2, -0.15) is 0 Å². The lowest BCUT2D eigenvalue weighted by molar-refractivity contribution is -0.118. The van der Waals surface area contributed by atoms with Crippen LogP contribution in [-0.2, 0) is 4.79 Å². The predicted molar refractivity (Wildman–Crippen MR) is 111 cm³/mol. The molecule has 1 unspecified atom stereocenters. The lowest BCUT2D eigenvalue weighted by atomic mass is 9.68. The number of dihydropyridines is 1. The first-order valence-corrected chi connectivity index (χ1v) is 10.2. The minimum atomic E-state index is -0.408. The lowest BCUT2D eigenvalue weighted by Crippen LogP contribution is -2.37. The van der Waals surface area contributed by atoms with Gasteiger partial charge in [-0.15, -0.1) is 0 Å². The molecule has 2 aromatic carbocycles. The van der Waals surface area contributed by atoms with E-state index in [9.17, 15) is 9.59 Å². The Balaban J connectivity index is 1.58. The van der Waals surface area contributed by atoms with Crippen molar-refractivity contribution in [3.05, 3.63) is 76.0 Å². The fourth-order valence-corrected chi connectivity index (χ4v) is 5.22. The molecule has 5 heteroatoms. The molecule has 30 heavy (non-hydrogen) atoms. The van der Waals surface area contributed by atoms with Gasteiger partial charge in [0, 0.05) is 40.3 Å². The van der Waals surface area contributed by atoms with Crippen molar-refractivity contribution in [3.63, 3.8) is 0 Å². The molecule has 0 amide bonds. The number of hydrogen-bond donors (Lipinski definition) is 1. The number of benzene rings is 2. The minimum Gasteiger partial charge on any atom is -0.454 e. The van der Waals surface area contributed by atoms with Crippen LogP contribution < -0.4 is 14.8 Å². The number of nitrogens with one attached hydrogen (secondary N) is 1. The molecule has 1 atom stereocenters. The molecule has 150 valence electrons. The van der Waals surface area contributed by atoms with E-state index >= 15 is 0 Å². The summed E-state index contributed by atoms with van der Waals surface area (Å²) in [5.41, 5.74) is 5.50. The predicted octanol–water partition coefficient (Wildman–Crippen LogP) is 4.35. The quantitative estimate of drug-likeness (QED) is 0.772. The van der Waals surface area contributed by atoms with Gasteiger partial charge in [0.25, 0.3) is 0 Å². The van der Waals surface area contributed by atoms with Crippen molar-refractivity contribution in [1.82, 2.24) is 5.32 Å². The molecule has 0 bridgehead atoms. The van der Waals surface area contributed by atoms with Crippen LogP contribution in [0.4, 0.5) is 0 Å². The molecule has 0 aromatic heterocycles. The first kappa shape index (κ1) is 17.5. The second-order valence-electron chi connectivity index (χ2n) is 9.17. The Hall–Kier alpha value is -3.34. The Labute approximate surface area is 174 Å². The van der Waals surface area contributed by atoms with E-state index in [1.54, 1.807) is 0 Å². The molecular formula is C25H21NO4. The number of rotatable bonds is 1. The molecule has 0 radical (unpaired) electrons. The maximum absolute atomic E-state index is 13.5. The fraction of sp³-hybridized carbons (Fsp3) is 0.280. The van der Waals surface area contributed by atoms with Gasteiger partial charge in [-0.25, -0.2) is 0 Å². The summed E-state index contributed by atoms with van der Waals surface area (Å²) in [5.74, 6) is 1.02. The summed E-state index contributed by atoms with van der Waals surface area (Å²) < 4.78 is 11.0. The molecule has 2 heterocycles. The Morgan fingerprint density at radius 3 is 2.53 bits per heavy atom. The summed E-state index contributed by atoms with van der Waals surface area (Å²) in [5, 5.41) is 3.50. The fourth-order valence-electron chi connectivity index (χ4n) is 5.22. The van der Waals surface area contributed by atoms with Crippen molar-refractivity contribution in [3.8, 4) is 11.5 Å². The Morgan fingerprint density at radius 2 is 1.70 bits per heavy atom. The van der Waals surface area contributed by atoms with E-state index in [1.165, 1.54) is 0 Å². The molecule has 0 saturated heterocycles. The summed E-state index contributed by atoms with van der Waals surface area (Å²) in [6, 6.07) is 13.4. The van der Waals surface area contributed by atoms with Crippen LogP contribution in [0.25, 0.3) is 5.70 Å². The van der Waals surface area contributed by atoms with Crippen molar-refractivity contribution in [2.75, 3.05) is 6.79 Å². The largest absolute Gasteiger partial charge is 0.454 e. The molecule has 1 N–H and O–H groups in total. The first-order valence-electron chi connectivity index (χ1n) is 10.2. The molecule has 6 rings (SSSR count). The van der Waals surface area contributed by atoms with Gasteiger partial charge in [0.1, 0.15) is 0 Å². The van der Waals surface area contributed by atoms with Gasteiger partial charge >= 0.3 is 0 Å². The number of fused-ring (bicyclic) bond motifs is 3. The lowest BCUT2D eigenvalue weighted by Gasteiger charge is -2.39. The average Bonchev–Trinajstić information content (AvgIpc) is 3.28. The van der Waals surface area contributed by atoms with Crippen LogP contribution in [-0.4, -0.2) is 18.4 Å². The highest BCUT2D eigenvalue weighted by Crippen LogP contribution is 2.52. The smallest absolute Gasteiger partial charge is 0.231 e. The van der Waals surface area contributed by atoms with Gasteiger partial charge in [-0.05, 0) is 29.5 Å². The van der Waals surface area contributed by atoms with Crippen LogP contribution in [0.5, 0.6) is 11.5 Å². The third kappa shape index (κ3) is 2.35. The van der Waals surface area contributed by atoms with E-state index in [0.29, 0.717) is 34.6 Å². The number of ketones is 2. The molecule has 4 aliphatic rings. The second kappa shape index (κ2) is 5.85. The number of carbonyl (C=O) groups is 2. The van der Waals surface area contributed by atoms with E-state index < -0.39 is 5.92 Å². The summed E-state index contributed by atoms with van der Waals surface area (Å²) in [6.07, 6.45) is 1.24. The zero-order valence-electron chi connectivity index (χ0n) is 16.9. The van der Waals surface area contributed by atoms with Crippen LogP contribution in [0, 0.1) is 5.41 Å². The maximum Gasteiger partial charge on any atom is 0.231 e. The molecule has 0 saturated carbocycles. The molecule has 0 spiro atoms. The summed E-state index contributed by atoms with van der Waals surface area (Å²) in [4.78, 5) is 26.8. The van der Waals surface area contributed by atoms with Crippen molar-refractivity contribution in [2.45, 2.75) is 32.6 Å². The molecule has 5 nitrogen and oxygen atoms in total. The van der Waals surface area contributed by atoms with E-state index in [2.05, 4.69) is 19.2 Å². The molecular weight excluding hydrogens is 378 g/mol. The van der Waals surface area contributed by atoms with Crippen LogP contribution >= 0.6 is 0 Å². The number of hydrogen-bond acceptors (Lipinski definition) is 5. The monoisotopic (exact) mass is 399 g/mol. The summed E-state index contributed by atoms with van der Waals surface area (Å²) >= 11 is 0. The maximum atomic E-state index is 13.5. The zero-order chi connectivity index (χ0) is 20.6. The van der Waals surface area contributed by atoms with Gasteiger partial charge in [0.15, 0.2) is 23.1 Å². The highest BCUT2D eigenvalue weighted by Gasteiger charge is 2.46. The first-order chi connectivity index (χ1) is 14.4. The van der Waals surface area contributed by atoms with E-state index in [4.69, 9.17) is 9.47 Å². The van der Waals surface area contributed by atoms with Crippen molar-refractivity contribution in [1.29, 1.82) is 0 Å². The normalized spacial score (nSPS) is 23.2. The van der Waals surface area contributed by atoms with E-state index in [1.807, 2.05) is 42.5 Å². The van der Waals surface area contributed by atoms with E-state index in [0.717, 1.165) is 28.9 Å². The number of carbonyl (C=O) groups excluding carboxylic acids is 2. The summed E-state index contributed by atoms with van der Waals surface area (Å²) in [7, 11) is 0. The van der Waals surface area contributed by atoms with Crippen LogP contribution in [0.3, 0.4) is 0 Å². The highest BCUT2D eigenvalue weighted by atomic mass is 16.7. The van der Waals surface area contributed by atoms with Crippen molar-refractivity contribution in [2.24, 2.45) is 5.41 Å². The number of ether oxygens (including phenoxy) is 2. The second-order valence-corrected chi connectivity index (χ2v) is 9.17. The minimum absolute atomic E-state index is 0.0139. The van der Waals surface area contributed by atoms with Gasteiger partial charge in [-0.3, -0.25) is 9.59 Å². The van der Waals surface area contributed by atoms with Gasteiger partial charge in [0.05, 0.1) is 5.70 Å². The molecule has 0 fully saturated rings. The Kier molecular flexibility index (Phi) is 3.41. The topological polar surface area (TPSA) is 64.6 Å². The molecule has 2 aliphatic carbocycles. The SMILES string of the molecule is CC1(C)CC(=O)C2=C(C1)NC1=C(C(=O)c3ccccc31)C2c1ccc2c(c1)OCO2. The third-order valence-corrected chi connectivity index (χ3v) is 6.46. The van der Waals surface area contributed by atoms with Crippen LogP contribution in [0.1, 0.15) is 54.1 Å². The summed E-state index contributed by atoms with van der Waals surface area (Å²) in [6.45, 7) is 4.41. The number of allylic oxidation sites excluding steroid dienone is 3. The number of Topliss-reactive ketones (excluding diaryl/α,β-unsaturated/α-hetero) is 2. The Morgan fingerprint density at radius 1 is 0.933 bits per heavy atom. The third-order valence-electron chi connectivity index (χ3n) is 6.46. The van der Waals surface area contributed by atoms with Crippen molar-refractivity contribution < 1.29 is 19.1 Å². The van der Waals surface area contributed by atoms with Crippen LogP contribution in [0.2, 0.25) is 0 Å². The molecule has 2 aromatic rings. The van der Waals surface area contributed by atoms with Gasteiger partial charge in [0.2, 0.25) is 6.79 Å². The molecule has 2 aliphatic heterocycles.